The van der Waals surface area contributed by atoms with Gasteiger partial charge in [0.25, 0.3) is 0 Å². The average Bonchev–Trinajstić information content (AvgIpc) is 2.99. The molecule has 4 aliphatic carbocycles. The summed E-state index contributed by atoms with van der Waals surface area (Å²) in [5, 5.41) is 0. The molecule has 4 fully saturated rings. The van der Waals surface area contributed by atoms with Gasteiger partial charge in [-0.25, -0.2) is 0 Å². The second kappa shape index (κ2) is 7.73. The summed E-state index contributed by atoms with van der Waals surface area (Å²) >= 11 is 0. The van der Waals surface area contributed by atoms with E-state index in [0.29, 0.717) is 40.3 Å². The van der Waals surface area contributed by atoms with Gasteiger partial charge in [0, 0.05) is 12.3 Å². The molecule has 160 valence electrons. The van der Waals surface area contributed by atoms with E-state index in [-0.39, 0.29) is 0 Å². The number of rotatable bonds is 5. The first-order valence-corrected chi connectivity index (χ1v) is 12.8. The number of carbonyl (C=O) groups excluding carboxylic acids is 1. The molecule has 4 rings (SSSR count). The first-order chi connectivity index (χ1) is 13.3. The largest absolute Gasteiger partial charge is 0.299 e. The lowest BCUT2D eigenvalue weighted by Crippen LogP contribution is -2.56. The van der Waals surface area contributed by atoms with Crippen LogP contribution in [0.2, 0.25) is 0 Å². The molecule has 0 bridgehead atoms. The van der Waals surface area contributed by atoms with E-state index >= 15 is 0 Å². The van der Waals surface area contributed by atoms with E-state index in [2.05, 4.69) is 34.6 Å². The summed E-state index contributed by atoms with van der Waals surface area (Å²) in [4.78, 5) is 13.4. The molecule has 0 radical (unpaired) electrons. The summed E-state index contributed by atoms with van der Waals surface area (Å²) in [7, 11) is 0. The third-order valence-corrected chi connectivity index (χ3v) is 10.6. The number of fused-ring (bicyclic) bond motifs is 5. The molecular weight excluding hydrogens is 340 g/mol. The van der Waals surface area contributed by atoms with Crippen molar-refractivity contribution in [3.8, 4) is 0 Å². The second-order valence-electron chi connectivity index (χ2n) is 12.4. The molecule has 0 N–H and O–H groups in total. The van der Waals surface area contributed by atoms with Crippen molar-refractivity contribution in [1.29, 1.82) is 0 Å². The minimum Gasteiger partial charge on any atom is -0.299 e. The van der Waals surface area contributed by atoms with Gasteiger partial charge in [0.1, 0.15) is 5.78 Å². The van der Waals surface area contributed by atoms with Crippen LogP contribution in [0.1, 0.15) is 112 Å². The zero-order valence-electron chi connectivity index (χ0n) is 19.4. The van der Waals surface area contributed by atoms with Gasteiger partial charge in [-0.2, -0.15) is 0 Å². The van der Waals surface area contributed by atoms with Crippen LogP contribution in [0.15, 0.2) is 0 Å². The van der Waals surface area contributed by atoms with E-state index in [4.69, 9.17) is 0 Å². The third kappa shape index (κ3) is 3.31. The lowest BCUT2D eigenvalue weighted by atomic mass is 9.44. The maximum Gasteiger partial charge on any atom is 0.136 e. The van der Waals surface area contributed by atoms with Crippen molar-refractivity contribution < 1.29 is 4.79 Å². The lowest BCUT2D eigenvalue weighted by molar-refractivity contribution is -0.156. The van der Waals surface area contributed by atoms with Gasteiger partial charge in [0.05, 0.1) is 0 Å². The molecule has 0 aliphatic heterocycles. The molecule has 1 nitrogen and oxygen atoms in total. The maximum absolute atomic E-state index is 13.4. The highest BCUT2D eigenvalue weighted by Gasteiger charge is 2.62. The number of hydrogen-bond donors (Lipinski definition) is 0. The molecule has 0 aromatic carbocycles. The Labute approximate surface area is 174 Å². The molecule has 28 heavy (non-hydrogen) atoms. The minimum absolute atomic E-state index is 0.408. The Morgan fingerprint density at radius 3 is 2.39 bits per heavy atom. The molecule has 4 saturated carbocycles. The lowest BCUT2D eigenvalue weighted by Gasteiger charge is -2.60. The Morgan fingerprint density at radius 2 is 1.64 bits per heavy atom. The van der Waals surface area contributed by atoms with E-state index in [1.165, 1.54) is 70.6 Å². The van der Waals surface area contributed by atoms with Gasteiger partial charge in [-0.3, -0.25) is 4.79 Å². The van der Waals surface area contributed by atoms with Crippen LogP contribution in [0, 0.1) is 52.3 Å². The highest BCUT2D eigenvalue weighted by atomic mass is 16.1. The maximum atomic E-state index is 13.4. The van der Waals surface area contributed by atoms with E-state index in [0.717, 1.165) is 24.2 Å². The molecule has 1 heteroatoms. The smallest absolute Gasteiger partial charge is 0.136 e. The van der Waals surface area contributed by atoms with Crippen LogP contribution in [0.3, 0.4) is 0 Å². The van der Waals surface area contributed by atoms with Gasteiger partial charge in [0.15, 0.2) is 0 Å². The molecule has 0 heterocycles. The van der Waals surface area contributed by atoms with Crippen molar-refractivity contribution in [3.05, 3.63) is 0 Å². The monoisotopic (exact) mass is 386 g/mol. The van der Waals surface area contributed by atoms with Crippen molar-refractivity contribution in [1.82, 2.24) is 0 Å². The summed E-state index contributed by atoms with van der Waals surface area (Å²) in [6.07, 6.45) is 16.0. The van der Waals surface area contributed by atoms with Crippen LogP contribution < -0.4 is 0 Å². The normalized spacial score (nSPS) is 46.8. The summed E-state index contributed by atoms with van der Waals surface area (Å²) < 4.78 is 0. The molecule has 6 unspecified atom stereocenters. The van der Waals surface area contributed by atoms with Crippen molar-refractivity contribution in [2.75, 3.05) is 0 Å². The topological polar surface area (TPSA) is 17.1 Å². The molecule has 4 aliphatic rings. The molecule has 0 spiro atoms. The molecule has 0 amide bonds. The molecule has 0 saturated heterocycles. The fraction of sp³-hybridized carbons (Fsp3) is 0.963. The zero-order valence-corrected chi connectivity index (χ0v) is 19.4. The molecule has 8 atom stereocenters. The Balaban J connectivity index is 1.51. The molecule has 0 aromatic rings. The number of carbonyl (C=O) groups is 1. The first kappa shape index (κ1) is 20.9. The predicted molar refractivity (Wildman–Crippen MR) is 118 cm³/mol. The summed E-state index contributed by atoms with van der Waals surface area (Å²) in [5.41, 5.74) is 0.908. The van der Waals surface area contributed by atoms with Crippen molar-refractivity contribution in [3.63, 3.8) is 0 Å². The quantitative estimate of drug-likeness (QED) is 0.473. The van der Waals surface area contributed by atoms with Crippen LogP contribution in [0.4, 0.5) is 0 Å². The minimum atomic E-state index is 0.408. The fourth-order valence-corrected chi connectivity index (χ4v) is 8.99. The SMILES string of the molecule is CC(C)CCC[C@@H](C)C1CCC2C3C(=O)C[C@H]4CCCCC4(C)C3CCC21C. The van der Waals surface area contributed by atoms with Gasteiger partial charge in [0.2, 0.25) is 0 Å². The van der Waals surface area contributed by atoms with Crippen LogP contribution in [0.25, 0.3) is 0 Å². The van der Waals surface area contributed by atoms with Gasteiger partial charge < -0.3 is 0 Å². The van der Waals surface area contributed by atoms with E-state index in [1.54, 1.807) is 0 Å². The highest BCUT2D eigenvalue weighted by Crippen LogP contribution is 2.67. The van der Waals surface area contributed by atoms with Crippen molar-refractivity contribution in [2.45, 2.75) is 112 Å². The molecule has 0 aromatic heterocycles. The van der Waals surface area contributed by atoms with Crippen molar-refractivity contribution in [2.24, 2.45) is 52.3 Å². The Hall–Kier alpha value is -0.330. The third-order valence-electron chi connectivity index (χ3n) is 10.6. The van der Waals surface area contributed by atoms with Crippen LogP contribution in [-0.4, -0.2) is 5.78 Å². The average molecular weight is 387 g/mol. The summed E-state index contributed by atoms with van der Waals surface area (Å²) in [6, 6.07) is 0. The van der Waals surface area contributed by atoms with E-state index in [1.807, 2.05) is 0 Å². The number of Topliss-reactive ketones (excluding diaryl/α,β-unsaturated/α-hetero) is 1. The Kier molecular flexibility index (Phi) is 5.78. The standard InChI is InChI=1S/C27H46O/c1-18(2)9-8-10-19(3)21-12-13-22-25-23(14-16-27(21,22)5)26(4)15-7-6-11-20(26)17-24(25)28/h18-23,25H,6-17H2,1-5H3/t19-,20-,21?,22?,23?,25?,26?,27?/m1/s1. The highest BCUT2D eigenvalue weighted by molar-refractivity contribution is 5.83. The Morgan fingerprint density at radius 1 is 0.893 bits per heavy atom. The van der Waals surface area contributed by atoms with E-state index in [9.17, 15) is 4.79 Å². The number of ketones is 1. The number of hydrogen-bond acceptors (Lipinski definition) is 1. The van der Waals surface area contributed by atoms with Gasteiger partial charge in [-0.1, -0.05) is 66.7 Å². The van der Waals surface area contributed by atoms with Crippen molar-refractivity contribution >= 4 is 5.78 Å². The van der Waals surface area contributed by atoms with Gasteiger partial charge in [-0.15, -0.1) is 0 Å². The molecular formula is C27H46O. The predicted octanol–water partition coefficient (Wildman–Crippen LogP) is 7.68. The van der Waals surface area contributed by atoms with Crippen LogP contribution in [-0.2, 0) is 4.79 Å². The summed E-state index contributed by atoms with van der Waals surface area (Å²) in [5.74, 6) is 5.70. The first-order valence-electron chi connectivity index (χ1n) is 12.8. The fourth-order valence-electron chi connectivity index (χ4n) is 8.99. The summed E-state index contributed by atoms with van der Waals surface area (Å²) in [6.45, 7) is 12.4. The van der Waals surface area contributed by atoms with Gasteiger partial charge in [-0.05, 0) is 84.9 Å². The van der Waals surface area contributed by atoms with Crippen LogP contribution in [0.5, 0.6) is 0 Å². The zero-order chi connectivity index (χ0) is 20.1. The Bertz CT molecular complexity index is 579. The van der Waals surface area contributed by atoms with Gasteiger partial charge >= 0.3 is 0 Å². The van der Waals surface area contributed by atoms with E-state index < -0.39 is 0 Å². The van der Waals surface area contributed by atoms with Crippen LogP contribution >= 0.6 is 0 Å². The second-order valence-corrected chi connectivity index (χ2v) is 12.4.